The quantitative estimate of drug-likeness (QED) is 0.398. The molecule has 9 heteroatoms. The topological polar surface area (TPSA) is 101 Å². The van der Waals surface area contributed by atoms with Crippen LogP contribution in [0.15, 0.2) is 35.5 Å². The molecule has 0 atom stereocenters. The van der Waals surface area contributed by atoms with Crippen LogP contribution in [0.4, 0.5) is 0 Å². The fraction of sp³-hybridized carbons (Fsp3) is 0.294. The van der Waals surface area contributed by atoms with Crippen molar-refractivity contribution < 1.29 is 28.6 Å². The molecule has 0 aliphatic carbocycles. The van der Waals surface area contributed by atoms with Crippen molar-refractivity contribution >= 4 is 11.7 Å². The van der Waals surface area contributed by atoms with E-state index in [9.17, 15) is 4.79 Å². The highest BCUT2D eigenvalue weighted by molar-refractivity contribution is 6.09. The maximum atomic E-state index is 12.0. The van der Waals surface area contributed by atoms with Gasteiger partial charge in [-0.1, -0.05) is 23.4 Å². The average Bonchev–Trinajstić information content (AvgIpc) is 2.70. The number of hydrogen-bond donors (Lipinski definition) is 0. The van der Waals surface area contributed by atoms with Crippen molar-refractivity contribution in [2.75, 3.05) is 35.0 Å². The third kappa shape index (κ3) is 4.59. The van der Waals surface area contributed by atoms with Crippen molar-refractivity contribution in [1.82, 2.24) is 9.97 Å². The Labute approximate surface area is 150 Å². The summed E-state index contributed by atoms with van der Waals surface area (Å²) in [5.41, 5.74) is 1.20. The molecule has 26 heavy (non-hydrogen) atoms. The van der Waals surface area contributed by atoms with Crippen LogP contribution < -0.4 is 14.2 Å². The molecule has 0 unspecified atom stereocenters. The third-order valence-electron chi connectivity index (χ3n) is 3.26. The first-order valence-electron chi connectivity index (χ1n) is 7.50. The van der Waals surface area contributed by atoms with Gasteiger partial charge < -0.3 is 23.8 Å². The first-order valence-corrected chi connectivity index (χ1v) is 7.50. The Bertz CT molecular complexity index is 772. The van der Waals surface area contributed by atoms with Crippen LogP contribution in [0.1, 0.15) is 15.9 Å². The number of benzene rings is 1. The second-order valence-electron chi connectivity index (χ2n) is 4.78. The molecule has 0 saturated heterocycles. The maximum absolute atomic E-state index is 12.0. The summed E-state index contributed by atoms with van der Waals surface area (Å²) in [5.74, 6) is 0.0720. The van der Waals surface area contributed by atoms with Gasteiger partial charge in [-0.3, -0.25) is 0 Å². The van der Waals surface area contributed by atoms with E-state index in [1.807, 2.05) is 0 Å². The van der Waals surface area contributed by atoms with E-state index in [0.29, 0.717) is 16.8 Å². The van der Waals surface area contributed by atoms with Crippen LogP contribution >= 0.6 is 0 Å². The molecule has 2 aromatic rings. The maximum Gasteiger partial charge on any atom is 0.338 e. The van der Waals surface area contributed by atoms with E-state index < -0.39 is 5.97 Å². The van der Waals surface area contributed by atoms with Gasteiger partial charge in [-0.2, -0.15) is 9.97 Å². The smallest absolute Gasteiger partial charge is 0.338 e. The molecular formula is C17H19N3O6. The molecule has 0 aliphatic rings. The van der Waals surface area contributed by atoms with Crippen LogP contribution in [0.25, 0.3) is 0 Å². The van der Waals surface area contributed by atoms with Gasteiger partial charge in [-0.05, 0) is 6.07 Å². The summed E-state index contributed by atoms with van der Waals surface area (Å²) in [6.07, 6.45) is 0. The van der Waals surface area contributed by atoms with Crippen LogP contribution in [-0.2, 0) is 9.57 Å². The third-order valence-corrected chi connectivity index (χ3v) is 3.26. The van der Waals surface area contributed by atoms with Gasteiger partial charge in [-0.25, -0.2) is 4.79 Å². The fourth-order valence-corrected chi connectivity index (χ4v) is 2.08. The van der Waals surface area contributed by atoms with E-state index >= 15 is 0 Å². The van der Waals surface area contributed by atoms with Crippen molar-refractivity contribution in [1.29, 1.82) is 0 Å². The van der Waals surface area contributed by atoms with Crippen LogP contribution in [0.2, 0.25) is 0 Å². The largest absolute Gasteiger partial charge is 0.481 e. The van der Waals surface area contributed by atoms with Gasteiger partial charge in [-0.15, -0.1) is 0 Å². The average molecular weight is 361 g/mol. The normalized spacial score (nSPS) is 10.8. The molecular weight excluding hydrogens is 342 g/mol. The molecule has 9 nitrogen and oxygen atoms in total. The lowest BCUT2D eigenvalue weighted by molar-refractivity contribution is 0.0600. The fourth-order valence-electron chi connectivity index (χ4n) is 2.08. The summed E-state index contributed by atoms with van der Waals surface area (Å²) in [6, 6.07) is 8.36. The van der Waals surface area contributed by atoms with E-state index in [-0.39, 0.29) is 24.4 Å². The Hall–Kier alpha value is -3.36. The number of rotatable bonds is 8. The van der Waals surface area contributed by atoms with Gasteiger partial charge in [0.05, 0.1) is 33.0 Å². The molecule has 0 radical (unpaired) electrons. The zero-order valence-corrected chi connectivity index (χ0v) is 14.9. The van der Waals surface area contributed by atoms with E-state index in [4.69, 9.17) is 23.8 Å². The Morgan fingerprint density at radius 1 is 1.00 bits per heavy atom. The number of ether oxygens (including phenoxy) is 4. The highest BCUT2D eigenvalue weighted by Gasteiger charge is 2.18. The van der Waals surface area contributed by atoms with Crippen molar-refractivity contribution in [3.63, 3.8) is 0 Å². The molecule has 0 bridgehead atoms. The second kappa shape index (κ2) is 9.21. The molecule has 1 heterocycles. The standard InChI is InChI=1S/C17H19N3O6/c1-22-14-9-15(23-2)19-17(18-14)26-10-13(20-25-4)11-7-5-6-8-12(11)16(21)24-3/h5-9H,10H2,1-4H3/b20-13+. The second-order valence-corrected chi connectivity index (χ2v) is 4.78. The van der Waals surface area contributed by atoms with Crippen molar-refractivity contribution in [3.8, 4) is 17.8 Å². The Morgan fingerprint density at radius 2 is 1.62 bits per heavy atom. The Kier molecular flexibility index (Phi) is 6.72. The number of aromatic nitrogens is 2. The molecule has 2 rings (SSSR count). The highest BCUT2D eigenvalue weighted by atomic mass is 16.6. The Balaban J connectivity index is 2.28. The van der Waals surface area contributed by atoms with E-state index in [0.717, 1.165) is 0 Å². The van der Waals surface area contributed by atoms with E-state index in [1.165, 1.54) is 34.5 Å². The number of nitrogens with zero attached hydrogens (tertiary/aromatic N) is 3. The number of hydrogen-bond acceptors (Lipinski definition) is 9. The lowest BCUT2D eigenvalue weighted by Crippen LogP contribution is -2.18. The van der Waals surface area contributed by atoms with Crippen LogP contribution in [0, 0.1) is 0 Å². The minimum atomic E-state index is -0.497. The minimum Gasteiger partial charge on any atom is -0.481 e. The SMILES string of the molecule is CO/N=C(\COc1nc(OC)cc(OC)n1)c1ccccc1C(=O)OC. The summed E-state index contributed by atoms with van der Waals surface area (Å²) in [4.78, 5) is 25.0. The number of esters is 1. The summed E-state index contributed by atoms with van der Waals surface area (Å²) in [6.45, 7) is -0.0574. The summed E-state index contributed by atoms with van der Waals surface area (Å²) < 4.78 is 20.5. The summed E-state index contributed by atoms with van der Waals surface area (Å²) in [7, 11) is 5.64. The molecule has 0 aliphatic heterocycles. The molecule has 1 aromatic carbocycles. The monoisotopic (exact) mass is 361 g/mol. The van der Waals surface area contributed by atoms with Gasteiger partial charge in [0.25, 0.3) is 0 Å². The van der Waals surface area contributed by atoms with E-state index in [2.05, 4.69) is 15.1 Å². The molecule has 1 aromatic heterocycles. The predicted octanol–water partition coefficient (Wildman–Crippen LogP) is 1.71. The van der Waals surface area contributed by atoms with Gasteiger partial charge in [0.2, 0.25) is 11.8 Å². The highest BCUT2D eigenvalue weighted by Crippen LogP contribution is 2.19. The van der Waals surface area contributed by atoms with E-state index in [1.54, 1.807) is 24.3 Å². The summed E-state index contributed by atoms with van der Waals surface area (Å²) in [5, 5.41) is 3.94. The molecule has 0 spiro atoms. The minimum absolute atomic E-state index is 0.0283. The van der Waals surface area contributed by atoms with Gasteiger partial charge in [0.15, 0.2) is 0 Å². The van der Waals surface area contributed by atoms with Crippen molar-refractivity contribution in [3.05, 3.63) is 41.5 Å². The van der Waals surface area contributed by atoms with Crippen molar-refractivity contribution in [2.45, 2.75) is 0 Å². The first-order chi connectivity index (χ1) is 12.6. The van der Waals surface area contributed by atoms with Crippen LogP contribution in [0.5, 0.6) is 17.8 Å². The van der Waals surface area contributed by atoms with Crippen LogP contribution in [0.3, 0.4) is 0 Å². The molecule has 0 N–H and O–H groups in total. The molecule has 0 saturated carbocycles. The van der Waals surface area contributed by atoms with Gasteiger partial charge >= 0.3 is 12.0 Å². The lowest BCUT2D eigenvalue weighted by atomic mass is 10.0. The van der Waals surface area contributed by atoms with Crippen molar-refractivity contribution in [2.24, 2.45) is 5.16 Å². The lowest BCUT2D eigenvalue weighted by Gasteiger charge is -2.11. The number of oxime groups is 1. The molecule has 0 fully saturated rings. The predicted molar refractivity (Wildman–Crippen MR) is 92.0 cm³/mol. The number of carbonyl (C=O) groups excluding carboxylic acids is 1. The zero-order valence-electron chi connectivity index (χ0n) is 14.9. The molecule has 0 amide bonds. The number of methoxy groups -OCH3 is 3. The Morgan fingerprint density at radius 3 is 2.15 bits per heavy atom. The summed E-state index contributed by atoms with van der Waals surface area (Å²) >= 11 is 0. The number of carbonyl (C=O) groups is 1. The first kappa shape index (κ1) is 19.0. The van der Waals surface area contributed by atoms with Gasteiger partial charge in [0, 0.05) is 5.56 Å². The molecule has 138 valence electrons. The van der Waals surface area contributed by atoms with Gasteiger partial charge in [0.1, 0.15) is 19.4 Å². The zero-order chi connectivity index (χ0) is 18.9. The van der Waals surface area contributed by atoms with Crippen LogP contribution in [-0.4, -0.2) is 56.7 Å².